The number of rotatable bonds is 3. The number of hydrogen-bond acceptors (Lipinski definition) is 4. The van der Waals surface area contributed by atoms with E-state index in [1.807, 2.05) is 0 Å². The average Bonchev–Trinajstić information content (AvgIpc) is 3.03. The van der Waals surface area contributed by atoms with Crippen molar-refractivity contribution < 1.29 is 9.53 Å². The third kappa shape index (κ3) is 2.45. The van der Waals surface area contributed by atoms with E-state index in [2.05, 4.69) is 20.6 Å². The van der Waals surface area contributed by atoms with Crippen LogP contribution in [0.15, 0.2) is 23.0 Å². The maximum atomic E-state index is 12.1. The van der Waals surface area contributed by atoms with Crippen LogP contribution in [0.25, 0.3) is 11.0 Å². The summed E-state index contributed by atoms with van der Waals surface area (Å²) in [7, 11) is 1.64. The van der Waals surface area contributed by atoms with Crippen LogP contribution in [0.2, 0.25) is 0 Å². The van der Waals surface area contributed by atoms with Crippen LogP contribution in [0.1, 0.15) is 6.42 Å². The highest BCUT2D eigenvalue weighted by Gasteiger charge is 2.29. The van der Waals surface area contributed by atoms with Crippen molar-refractivity contribution >= 4 is 22.6 Å². The number of anilines is 1. The number of ether oxygens (including phenoxy) is 1. The van der Waals surface area contributed by atoms with Crippen molar-refractivity contribution in [2.24, 2.45) is 0 Å². The molecule has 7 heteroatoms. The first-order valence-electron chi connectivity index (χ1n) is 6.45. The largest absolute Gasteiger partial charge is 0.380 e. The Morgan fingerprint density at radius 3 is 2.90 bits per heavy atom. The van der Waals surface area contributed by atoms with E-state index >= 15 is 0 Å². The SMILES string of the molecule is COC1CNC(C(=O)Nc2ccc3[nH]c(=O)[nH]c3c2)C1. The lowest BCUT2D eigenvalue weighted by molar-refractivity contribution is -0.118. The fourth-order valence-corrected chi connectivity index (χ4v) is 2.42. The van der Waals surface area contributed by atoms with Gasteiger partial charge < -0.3 is 25.3 Å². The van der Waals surface area contributed by atoms with E-state index in [9.17, 15) is 9.59 Å². The molecule has 1 aromatic heterocycles. The van der Waals surface area contributed by atoms with Gasteiger partial charge in [0.1, 0.15) is 0 Å². The molecule has 0 saturated carbocycles. The van der Waals surface area contributed by atoms with Crippen LogP contribution in [0.5, 0.6) is 0 Å². The van der Waals surface area contributed by atoms with Gasteiger partial charge in [-0.25, -0.2) is 4.79 Å². The number of H-pyrrole nitrogens is 2. The number of nitrogens with one attached hydrogen (secondary N) is 4. The van der Waals surface area contributed by atoms with Crippen LogP contribution in [0.4, 0.5) is 5.69 Å². The van der Waals surface area contributed by atoms with Gasteiger partial charge in [-0.05, 0) is 24.6 Å². The van der Waals surface area contributed by atoms with E-state index < -0.39 is 0 Å². The lowest BCUT2D eigenvalue weighted by atomic mass is 10.2. The Kier molecular flexibility index (Phi) is 3.29. The van der Waals surface area contributed by atoms with Crippen molar-refractivity contribution in [3.8, 4) is 0 Å². The summed E-state index contributed by atoms with van der Waals surface area (Å²) in [5.74, 6) is -0.0956. The summed E-state index contributed by atoms with van der Waals surface area (Å²) in [5.41, 5.74) is 1.78. The standard InChI is InChI=1S/C13H16N4O3/c1-20-8-5-11(14-6-8)12(18)15-7-2-3-9-10(4-7)17-13(19)16-9/h2-4,8,11,14H,5-6H2,1H3,(H,15,18)(H2,16,17,19). The highest BCUT2D eigenvalue weighted by atomic mass is 16.5. The summed E-state index contributed by atoms with van der Waals surface area (Å²) in [6.07, 6.45) is 0.736. The smallest absolute Gasteiger partial charge is 0.323 e. The quantitative estimate of drug-likeness (QED) is 0.642. The summed E-state index contributed by atoms with van der Waals surface area (Å²) in [5, 5.41) is 5.95. The van der Waals surface area contributed by atoms with Gasteiger partial charge in [0.05, 0.1) is 23.2 Å². The number of aromatic nitrogens is 2. The molecular weight excluding hydrogens is 260 g/mol. The minimum Gasteiger partial charge on any atom is -0.380 e. The lowest BCUT2D eigenvalue weighted by Gasteiger charge is -2.11. The van der Waals surface area contributed by atoms with Crippen molar-refractivity contribution in [1.29, 1.82) is 0 Å². The normalized spacial score (nSPS) is 22.2. The van der Waals surface area contributed by atoms with Crippen LogP contribution in [0, 0.1) is 0 Å². The Bertz CT molecular complexity index is 690. The van der Waals surface area contributed by atoms with Gasteiger partial charge in [0, 0.05) is 19.3 Å². The topological polar surface area (TPSA) is 99.0 Å². The zero-order chi connectivity index (χ0) is 14.1. The van der Waals surface area contributed by atoms with Crippen LogP contribution < -0.4 is 16.3 Å². The van der Waals surface area contributed by atoms with Gasteiger partial charge in [-0.3, -0.25) is 4.79 Å². The number of fused-ring (bicyclic) bond motifs is 1. The second-order valence-electron chi connectivity index (χ2n) is 4.88. The minimum absolute atomic E-state index is 0.0780. The summed E-state index contributed by atoms with van der Waals surface area (Å²) in [6.45, 7) is 0.679. The summed E-state index contributed by atoms with van der Waals surface area (Å²) < 4.78 is 5.22. The average molecular weight is 276 g/mol. The minimum atomic E-state index is -0.260. The second kappa shape index (κ2) is 5.10. The third-order valence-electron chi connectivity index (χ3n) is 3.52. The Morgan fingerprint density at radius 1 is 1.35 bits per heavy atom. The van der Waals surface area contributed by atoms with Gasteiger partial charge in [0.15, 0.2) is 0 Å². The van der Waals surface area contributed by atoms with E-state index in [4.69, 9.17) is 4.74 Å². The van der Waals surface area contributed by atoms with Gasteiger partial charge in [0.2, 0.25) is 5.91 Å². The van der Waals surface area contributed by atoms with Crippen molar-refractivity contribution in [2.45, 2.75) is 18.6 Å². The summed E-state index contributed by atoms with van der Waals surface area (Å²) in [6, 6.07) is 4.99. The molecule has 2 heterocycles. The predicted molar refractivity (Wildman–Crippen MR) is 74.8 cm³/mol. The van der Waals surface area contributed by atoms with E-state index in [0.717, 1.165) is 0 Å². The van der Waals surface area contributed by atoms with Crippen LogP contribution in [-0.2, 0) is 9.53 Å². The van der Waals surface area contributed by atoms with Crippen molar-refractivity contribution in [3.63, 3.8) is 0 Å². The molecule has 2 aromatic rings. The summed E-state index contributed by atoms with van der Waals surface area (Å²) >= 11 is 0. The van der Waals surface area contributed by atoms with Gasteiger partial charge >= 0.3 is 5.69 Å². The monoisotopic (exact) mass is 276 g/mol. The Balaban J connectivity index is 1.72. The fourth-order valence-electron chi connectivity index (χ4n) is 2.42. The lowest BCUT2D eigenvalue weighted by Crippen LogP contribution is -2.35. The molecule has 2 unspecified atom stereocenters. The molecule has 20 heavy (non-hydrogen) atoms. The Hall–Kier alpha value is -2.12. The van der Waals surface area contributed by atoms with Gasteiger partial charge in [-0.1, -0.05) is 0 Å². The van der Waals surface area contributed by atoms with Gasteiger partial charge in [-0.2, -0.15) is 0 Å². The maximum absolute atomic E-state index is 12.1. The number of imidazole rings is 1. The zero-order valence-corrected chi connectivity index (χ0v) is 11.0. The van der Waals surface area contributed by atoms with Crippen molar-refractivity contribution in [3.05, 3.63) is 28.7 Å². The van der Waals surface area contributed by atoms with Crippen molar-refractivity contribution in [2.75, 3.05) is 19.0 Å². The molecule has 1 saturated heterocycles. The van der Waals surface area contributed by atoms with E-state index in [1.54, 1.807) is 25.3 Å². The molecular formula is C13H16N4O3. The first-order valence-corrected chi connectivity index (χ1v) is 6.45. The molecule has 0 aliphatic carbocycles. The molecule has 1 fully saturated rings. The summed E-state index contributed by atoms with van der Waals surface area (Å²) in [4.78, 5) is 28.6. The number of carbonyl (C=O) groups is 1. The van der Waals surface area contributed by atoms with Gasteiger partial charge in [-0.15, -0.1) is 0 Å². The molecule has 3 rings (SSSR count). The number of methoxy groups -OCH3 is 1. The number of benzene rings is 1. The van der Waals surface area contributed by atoms with Crippen LogP contribution in [0.3, 0.4) is 0 Å². The molecule has 1 aliphatic heterocycles. The molecule has 4 N–H and O–H groups in total. The number of amides is 1. The predicted octanol–water partition coefficient (Wildman–Crippen LogP) is 0.172. The molecule has 7 nitrogen and oxygen atoms in total. The van der Waals surface area contributed by atoms with E-state index in [-0.39, 0.29) is 23.7 Å². The molecule has 1 amide bonds. The molecule has 1 aromatic carbocycles. The van der Waals surface area contributed by atoms with Crippen LogP contribution in [-0.4, -0.2) is 41.7 Å². The third-order valence-corrected chi connectivity index (χ3v) is 3.52. The molecule has 2 atom stereocenters. The van der Waals surface area contributed by atoms with Crippen LogP contribution >= 0.6 is 0 Å². The Labute approximate surface area is 114 Å². The maximum Gasteiger partial charge on any atom is 0.323 e. The van der Waals surface area contributed by atoms with Gasteiger partial charge in [0.25, 0.3) is 0 Å². The van der Waals surface area contributed by atoms with Crippen molar-refractivity contribution in [1.82, 2.24) is 15.3 Å². The molecule has 0 spiro atoms. The molecule has 1 aliphatic rings. The van der Waals surface area contributed by atoms with E-state index in [1.165, 1.54) is 0 Å². The fraction of sp³-hybridized carbons (Fsp3) is 0.385. The second-order valence-corrected chi connectivity index (χ2v) is 4.88. The first-order chi connectivity index (χ1) is 9.65. The number of aromatic amines is 2. The molecule has 0 radical (unpaired) electrons. The highest BCUT2D eigenvalue weighted by molar-refractivity contribution is 5.96. The highest BCUT2D eigenvalue weighted by Crippen LogP contribution is 2.16. The Morgan fingerprint density at radius 2 is 2.15 bits per heavy atom. The molecule has 0 bridgehead atoms. The number of hydrogen-bond donors (Lipinski definition) is 4. The first kappa shape index (κ1) is 12.9. The van der Waals surface area contributed by atoms with E-state index in [0.29, 0.717) is 29.7 Å². The zero-order valence-electron chi connectivity index (χ0n) is 11.0. The number of carbonyl (C=O) groups excluding carboxylic acids is 1. The molecule has 106 valence electrons.